The Morgan fingerprint density at radius 2 is 2.06 bits per heavy atom. The van der Waals surface area contributed by atoms with Gasteiger partial charge in [0.2, 0.25) is 5.91 Å². The molecule has 0 fully saturated rings. The van der Waals surface area contributed by atoms with E-state index in [0.29, 0.717) is 16.7 Å². The van der Waals surface area contributed by atoms with Crippen molar-refractivity contribution in [2.45, 2.75) is 18.4 Å². The fourth-order valence-corrected chi connectivity index (χ4v) is 1.68. The van der Waals surface area contributed by atoms with Crippen LogP contribution in [0.15, 0.2) is 5.38 Å². The van der Waals surface area contributed by atoms with E-state index in [1.165, 1.54) is 0 Å². The largest absolute Gasteiger partial charge is 0.434 e. The van der Waals surface area contributed by atoms with Gasteiger partial charge in [0.1, 0.15) is 11.1 Å². The van der Waals surface area contributed by atoms with Crippen LogP contribution in [0, 0.1) is 0 Å². The summed E-state index contributed by atoms with van der Waals surface area (Å²) in [5.41, 5.74) is 3.48. The van der Waals surface area contributed by atoms with Gasteiger partial charge < -0.3 is 15.9 Å². The Labute approximate surface area is 91.3 Å². The third kappa shape index (κ3) is 2.68. The summed E-state index contributed by atoms with van der Waals surface area (Å²) in [4.78, 5) is 13.5. The fourth-order valence-electron chi connectivity index (χ4n) is 0.844. The van der Waals surface area contributed by atoms with Crippen molar-refractivity contribution >= 4 is 17.2 Å². The normalized spacial score (nSPS) is 15.8. The van der Waals surface area contributed by atoms with Crippen LogP contribution in [0.2, 0.25) is 0 Å². The summed E-state index contributed by atoms with van der Waals surface area (Å²) in [5, 5.41) is 18.5. The van der Waals surface area contributed by atoms with Crippen LogP contribution in [0.1, 0.15) is 16.8 Å². The summed E-state index contributed by atoms with van der Waals surface area (Å²) >= 11 is 0.481. The van der Waals surface area contributed by atoms with Crippen molar-refractivity contribution in [2.75, 3.05) is 0 Å². The highest BCUT2D eigenvalue weighted by Gasteiger charge is 2.35. The maximum absolute atomic E-state index is 12.1. The molecule has 0 bridgehead atoms. The minimum absolute atomic E-state index is 0.418. The van der Waals surface area contributed by atoms with Crippen molar-refractivity contribution in [1.82, 2.24) is 4.98 Å². The molecule has 1 aromatic rings. The maximum Gasteiger partial charge on any atom is 0.434 e. The average Bonchev–Trinajstić information content (AvgIpc) is 2.63. The van der Waals surface area contributed by atoms with Crippen molar-refractivity contribution in [3.05, 3.63) is 16.1 Å². The summed E-state index contributed by atoms with van der Waals surface area (Å²) in [5.74, 6) is -1.24. The molecule has 16 heavy (non-hydrogen) atoms. The van der Waals surface area contributed by atoms with Crippen molar-refractivity contribution in [3.63, 3.8) is 0 Å². The second-order valence-electron chi connectivity index (χ2n) is 2.86. The second kappa shape index (κ2) is 4.36. The number of hydrogen-bond donors (Lipinski definition) is 3. The monoisotopic (exact) mass is 256 g/mol. The van der Waals surface area contributed by atoms with Crippen LogP contribution in [0.4, 0.5) is 13.2 Å². The molecule has 2 unspecified atom stereocenters. The Bertz CT molecular complexity index is 392. The van der Waals surface area contributed by atoms with Gasteiger partial charge in [-0.2, -0.15) is 13.2 Å². The molecule has 90 valence electrons. The summed E-state index contributed by atoms with van der Waals surface area (Å²) in [6, 6.07) is 0. The molecule has 0 aromatic carbocycles. The first-order chi connectivity index (χ1) is 7.23. The van der Waals surface area contributed by atoms with E-state index in [0.717, 1.165) is 0 Å². The highest BCUT2D eigenvalue weighted by atomic mass is 32.1. The first-order valence-electron chi connectivity index (χ1n) is 3.91. The summed E-state index contributed by atoms with van der Waals surface area (Å²) < 4.78 is 36.4. The number of rotatable bonds is 3. The number of thiazole rings is 1. The van der Waals surface area contributed by atoms with Gasteiger partial charge >= 0.3 is 6.18 Å². The molecule has 4 N–H and O–H groups in total. The molecule has 1 rings (SSSR count). The average molecular weight is 256 g/mol. The van der Waals surface area contributed by atoms with Gasteiger partial charge in [0.15, 0.2) is 11.8 Å². The van der Waals surface area contributed by atoms with Crippen LogP contribution in [0.25, 0.3) is 0 Å². The Kier molecular flexibility index (Phi) is 3.51. The number of aliphatic hydroxyl groups is 2. The predicted octanol–water partition coefficient (Wildman–Crippen LogP) is 0.0415. The van der Waals surface area contributed by atoms with Gasteiger partial charge in [-0.15, -0.1) is 11.3 Å². The smallest absolute Gasteiger partial charge is 0.383 e. The van der Waals surface area contributed by atoms with E-state index in [9.17, 15) is 23.1 Å². The molecule has 0 spiro atoms. The van der Waals surface area contributed by atoms with E-state index >= 15 is 0 Å². The van der Waals surface area contributed by atoms with Crippen LogP contribution in [0.5, 0.6) is 0 Å². The molecule has 2 atom stereocenters. The van der Waals surface area contributed by atoms with Gasteiger partial charge in [-0.25, -0.2) is 4.98 Å². The Balaban J connectivity index is 2.90. The number of carbonyl (C=O) groups excluding carboxylic acids is 1. The van der Waals surface area contributed by atoms with Crippen LogP contribution in [-0.2, 0) is 11.0 Å². The zero-order chi connectivity index (χ0) is 12.5. The standard InChI is InChI=1S/C7H7F3N2O3S/c8-7(9,10)2-1-16-6(12-2)4(14)3(13)5(11)15/h1,3-4,13-14H,(H2,11,15). The van der Waals surface area contributed by atoms with E-state index < -0.39 is 35.0 Å². The topological polar surface area (TPSA) is 96.4 Å². The molecule has 0 aliphatic carbocycles. The molecule has 5 nitrogen and oxygen atoms in total. The molecule has 1 heterocycles. The van der Waals surface area contributed by atoms with E-state index in [2.05, 4.69) is 10.7 Å². The van der Waals surface area contributed by atoms with Gasteiger partial charge in [-0.3, -0.25) is 4.79 Å². The molecular formula is C7H7F3N2O3S. The third-order valence-corrected chi connectivity index (χ3v) is 2.57. The molecule has 0 aliphatic rings. The number of aromatic nitrogens is 1. The lowest BCUT2D eigenvalue weighted by Crippen LogP contribution is -2.33. The minimum Gasteiger partial charge on any atom is -0.383 e. The van der Waals surface area contributed by atoms with Crippen molar-refractivity contribution in [3.8, 4) is 0 Å². The van der Waals surface area contributed by atoms with Gasteiger partial charge in [0, 0.05) is 5.38 Å². The number of primary amides is 1. The third-order valence-electron chi connectivity index (χ3n) is 1.66. The van der Waals surface area contributed by atoms with E-state index in [1.54, 1.807) is 0 Å². The van der Waals surface area contributed by atoms with Crippen molar-refractivity contribution in [2.24, 2.45) is 5.73 Å². The number of amides is 1. The van der Waals surface area contributed by atoms with Crippen molar-refractivity contribution < 1.29 is 28.2 Å². The predicted molar refractivity (Wildman–Crippen MR) is 47.3 cm³/mol. The van der Waals surface area contributed by atoms with Crippen molar-refractivity contribution in [1.29, 1.82) is 0 Å². The second-order valence-corrected chi connectivity index (χ2v) is 3.75. The first kappa shape index (κ1) is 12.9. The lowest BCUT2D eigenvalue weighted by atomic mass is 10.2. The molecule has 0 saturated carbocycles. The van der Waals surface area contributed by atoms with Gasteiger partial charge in [-0.05, 0) is 0 Å². The maximum atomic E-state index is 12.1. The molecule has 9 heteroatoms. The number of nitrogens with two attached hydrogens (primary N) is 1. The first-order valence-corrected chi connectivity index (χ1v) is 4.79. The minimum atomic E-state index is -4.63. The van der Waals surface area contributed by atoms with E-state index in [1.807, 2.05) is 0 Å². The lowest BCUT2D eigenvalue weighted by Gasteiger charge is -2.11. The highest BCUT2D eigenvalue weighted by molar-refractivity contribution is 7.09. The Morgan fingerprint density at radius 3 is 2.44 bits per heavy atom. The fraction of sp³-hybridized carbons (Fsp3) is 0.429. The summed E-state index contributed by atoms with van der Waals surface area (Å²) in [6.07, 6.45) is -8.46. The number of hydrogen-bond acceptors (Lipinski definition) is 5. The van der Waals surface area contributed by atoms with Crippen LogP contribution in [0.3, 0.4) is 0 Å². The van der Waals surface area contributed by atoms with Gasteiger partial charge in [0.05, 0.1) is 0 Å². The zero-order valence-corrected chi connectivity index (χ0v) is 8.42. The van der Waals surface area contributed by atoms with Gasteiger partial charge in [-0.1, -0.05) is 0 Å². The van der Waals surface area contributed by atoms with Crippen LogP contribution >= 0.6 is 11.3 Å². The summed E-state index contributed by atoms with van der Waals surface area (Å²) in [6.45, 7) is 0. The number of alkyl halides is 3. The number of nitrogens with zero attached hydrogens (tertiary/aromatic N) is 1. The van der Waals surface area contributed by atoms with E-state index in [-0.39, 0.29) is 0 Å². The van der Waals surface area contributed by atoms with Gasteiger partial charge in [0.25, 0.3) is 0 Å². The Morgan fingerprint density at radius 1 is 1.50 bits per heavy atom. The molecule has 0 radical (unpaired) electrons. The zero-order valence-electron chi connectivity index (χ0n) is 7.60. The molecular weight excluding hydrogens is 249 g/mol. The number of halogens is 3. The lowest BCUT2D eigenvalue weighted by molar-refractivity contribution is -0.141. The summed E-state index contributed by atoms with van der Waals surface area (Å²) in [7, 11) is 0. The number of aliphatic hydroxyl groups excluding tert-OH is 2. The quantitative estimate of drug-likeness (QED) is 0.711. The molecule has 0 saturated heterocycles. The highest BCUT2D eigenvalue weighted by Crippen LogP contribution is 2.32. The molecule has 1 amide bonds. The molecule has 1 aromatic heterocycles. The van der Waals surface area contributed by atoms with Crippen LogP contribution < -0.4 is 5.73 Å². The van der Waals surface area contributed by atoms with E-state index in [4.69, 9.17) is 5.11 Å². The SMILES string of the molecule is NC(=O)C(O)C(O)c1nc(C(F)(F)F)cs1. The molecule has 0 aliphatic heterocycles. The number of carbonyl (C=O) groups is 1. The van der Waals surface area contributed by atoms with Crippen LogP contribution in [-0.4, -0.2) is 27.2 Å². The Hall–Kier alpha value is -1.19.